The molecule has 16 nitrogen and oxygen atoms in total. The molecule has 1 aliphatic heterocycles. The first kappa shape index (κ1) is 39.4. The largest absolute Gasteiger partial charge is 0.453 e. The Morgan fingerprint density at radius 3 is 2.02 bits per heavy atom. The van der Waals surface area contributed by atoms with Gasteiger partial charge in [0, 0.05) is 31.4 Å². The minimum atomic E-state index is -0.700. The number of aromatic amines is 2. The first-order chi connectivity index (χ1) is 25.4. The average molecular weight is 769 g/mol. The van der Waals surface area contributed by atoms with E-state index in [4.69, 9.17) is 4.74 Å². The van der Waals surface area contributed by atoms with E-state index in [1.165, 1.54) is 25.6 Å². The first-order valence-corrected chi connectivity index (χ1v) is 19.3. The van der Waals surface area contributed by atoms with Crippen molar-refractivity contribution in [3.05, 3.63) is 36.4 Å². The molecule has 5 heterocycles. The van der Waals surface area contributed by atoms with Crippen LogP contribution in [0, 0.1) is 11.8 Å². The maximum Gasteiger partial charge on any atom is 0.407 e. The molecule has 0 radical (unpaired) electrons. The number of H-pyrrole nitrogens is 2. The van der Waals surface area contributed by atoms with Crippen LogP contribution in [0.2, 0.25) is 0 Å². The zero-order valence-electron chi connectivity index (χ0n) is 31.0. The van der Waals surface area contributed by atoms with E-state index in [2.05, 4.69) is 57.5 Å². The Morgan fingerprint density at radius 2 is 1.42 bits per heavy atom. The summed E-state index contributed by atoms with van der Waals surface area (Å²) in [5, 5.41) is 9.75. The predicted molar refractivity (Wildman–Crippen MR) is 201 cm³/mol. The van der Waals surface area contributed by atoms with Crippen molar-refractivity contribution < 1.29 is 28.7 Å². The lowest BCUT2D eigenvalue weighted by Crippen LogP contribution is -2.51. The summed E-state index contributed by atoms with van der Waals surface area (Å²) >= 11 is 3.06. The maximum atomic E-state index is 13.5. The number of carbonyl (C=O) groups excluding carboxylic acids is 4. The van der Waals surface area contributed by atoms with Crippen molar-refractivity contribution in [2.75, 3.05) is 27.3 Å². The molecule has 0 bridgehead atoms. The number of methoxy groups -OCH3 is 2. The van der Waals surface area contributed by atoms with Gasteiger partial charge in [-0.2, -0.15) is 0 Å². The quantitative estimate of drug-likeness (QED) is 0.0963. The van der Waals surface area contributed by atoms with Gasteiger partial charge in [-0.15, -0.1) is 22.7 Å². The van der Waals surface area contributed by atoms with Gasteiger partial charge in [-0.05, 0) is 37.5 Å². The minimum absolute atomic E-state index is 0.0831. The number of carbonyl (C=O) groups is 4. The van der Waals surface area contributed by atoms with Gasteiger partial charge in [0.05, 0.1) is 53.8 Å². The van der Waals surface area contributed by atoms with Crippen molar-refractivity contribution in [3.63, 3.8) is 0 Å². The Labute approximate surface area is 316 Å². The zero-order chi connectivity index (χ0) is 38.2. The second kappa shape index (κ2) is 17.8. The second-order valence-electron chi connectivity index (χ2n) is 13.7. The smallest absolute Gasteiger partial charge is 0.407 e. The van der Waals surface area contributed by atoms with Crippen LogP contribution in [0.15, 0.2) is 24.8 Å². The third kappa shape index (κ3) is 9.59. The summed E-state index contributed by atoms with van der Waals surface area (Å²) in [4.78, 5) is 78.7. The molecule has 0 aliphatic carbocycles. The van der Waals surface area contributed by atoms with E-state index >= 15 is 0 Å². The van der Waals surface area contributed by atoms with Crippen molar-refractivity contribution in [2.24, 2.45) is 11.8 Å². The summed E-state index contributed by atoms with van der Waals surface area (Å²) < 4.78 is 9.38. The van der Waals surface area contributed by atoms with Crippen LogP contribution in [-0.4, -0.2) is 98.2 Å². The Morgan fingerprint density at radius 1 is 0.830 bits per heavy atom. The number of likely N-dealkylation sites (tertiary alicyclic amines) is 1. The number of imidazole rings is 2. The van der Waals surface area contributed by atoms with Crippen molar-refractivity contribution in [1.82, 2.24) is 50.8 Å². The highest BCUT2D eigenvalue weighted by atomic mass is 32.1. The Hall–Kier alpha value is -4.84. The average Bonchev–Trinajstić information content (AvgIpc) is 3.98. The van der Waals surface area contributed by atoms with Crippen LogP contribution in [-0.2, 0) is 19.1 Å². The summed E-state index contributed by atoms with van der Waals surface area (Å²) in [6.45, 7) is 10.6. The molecule has 4 aromatic heterocycles. The van der Waals surface area contributed by atoms with Gasteiger partial charge in [0.1, 0.15) is 33.7 Å². The Kier molecular flexibility index (Phi) is 13.2. The standard InChI is InChI=1S/C35H48N10O6S2/c1-18(2)26(43-34(48)50-6)30(46)36-12-8-10-20(5)28-37-14-21(41-28)31-39-16-24(52-31)25-17-40-32(53-25)22-15-38-29(42-22)23-11-9-13-45(23)33(47)27(19(3)4)44-35(49)51-7/h14-20,23,26-27H,8-13H2,1-7H3,(H,36,46)(H,37,41)(H,38,42)(H,43,48)(H,44,49)/t20-,23-,26-,27-/m0/s1. The summed E-state index contributed by atoms with van der Waals surface area (Å²) in [6.07, 6.45) is 9.05. The van der Waals surface area contributed by atoms with E-state index in [9.17, 15) is 19.2 Å². The van der Waals surface area contributed by atoms with Crippen LogP contribution in [0.1, 0.15) is 83.9 Å². The van der Waals surface area contributed by atoms with E-state index in [1.54, 1.807) is 28.6 Å². The van der Waals surface area contributed by atoms with Crippen molar-refractivity contribution in [3.8, 4) is 31.2 Å². The zero-order valence-corrected chi connectivity index (χ0v) is 32.7. The van der Waals surface area contributed by atoms with Gasteiger partial charge < -0.3 is 40.3 Å². The van der Waals surface area contributed by atoms with Crippen LogP contribution >= 0.6 is 22.7 Å². The molecule has 4 aromatic rings. The van der Waals surface area contributed by atoms with Gasteiger partial charge in [0.2, 0.25) is 11.8 Å². The minimum Gasteiger partial charge on any atom is -0.453 e. The van der Waals surface area contributed by atoms with Crippen molar-refractivity contribution in [2.45, 2.75) is 84.3 Å². The third-order valence-corrected chi connectivity index (χ3v) is 11.4. The van der Waals surface area contributed by atoms with Crippen molar-refractivity contribution >= 4 is 46.7 Å². The molecular formula is C35H48N10O6S2. The monoisotopic (exact) mass is 768 g/mol. The third-order valence-electron chi connectivity index (χ3n) is 9.14. The predicted octanol–water partition coefficient (Wildman–Crippen LogP) is 5.47. The topological polar surface area (TPSA) is 209 Å². The molecule has 0 spiro atoms. The number of amides is 4. The molecule has 53 heavy (non-hydrogen) atoms. The molecule has 0 aromatic carbocycles. The van der Waals surface area contributed by atoms with Crippen molar-refractivity contribution in [1.29, 1.82) is 0 Å². The molecule has 18 heteroatoms. The highest BCUT2D eigenvalue weighted by Gasteiger charge is 2.37. The normalized spacial score (nSPS) is 16.0. The van der Waals surface area contributed by atoms with Crippen LogP contribution in [0.3, 0.4) is 0 Å². The molecule has 4 amide bonds. The molecule has 0 unspecified atom stereocenters. The summed E-state index contributed by atoms with van der Waals surface area (Å²) in [5.74, 6) is 1.06. The molecule has 5 rings (SSSR count). The molecule has 5 N–H and O–H groups in total. The molecule has 286 valence electrons. The SMILES string of the molecule is COC(=O)N[C@H](C(=O)NCCC[C@H](C)c1ncc(-c2ncc(-c3cnc(-c4cnc([C@@H]5CCCN5C(=O)[C@@H](NC(=O)OC)C(C)C)[nH]4)s3)s2)[nH]1)C(C)C. The van der Waals surface area contributed by atoms with Gasteiger partial charge in [-0.25, -0.2) is 29.5 Å². The van der Waals surface area contributed by atoms with Gasteiger partial charge >= 0.3 is 12.2 Å². The molecule has 1 fully saturated rings. The second-order valence-corrected chi connectivity index (χ2v) is 15.7. The first-order valence-electron chi connectivity index (χ1n) is 17.7. The number of nitrogens with one attached hydrogen (secondary N) is 5. The fourth-order valence-electron chi connectivity index (χ4n) is 6.12. The number of ether oxygens (including phenoxy) is 2. The van der Waals surface area contributed by atoms with Crippen LogP contribution in [0.4, 0.5) is 9.59 Å². The molecular weight excluding hydrogens is 721 g/mol. The van der Waals surface area contributed by atoms with E-state index in [0.717, 1.165) is 62.7 Å². The van der Waals surface area contributed by atoms with E-state index in [1.807, 2.05) is 40.1 Å². The van der Waals surface area contributed by atoms with Crippen LogP contribution in [0.25, 0.3) is 31.2 Å². The molecule has 4 atom stereocenters. The number of nitrogens with zero attached hydrogens (tertiary/aromatic N) is 5. The molecule has 1 aliphatic rings. The number of thiazole rings is 2. The van der Waals surface area contributed by atoms with Gasteiger partial charge in [-0.3, -0.25) is 9.59 Å². The van der Waals surface area contributed by atoms with Crippen LogP contribution < -0.4 is 16.0 Å². The highest BCUT2D eigenvalue weighted by molar-refractivity contribution is 7.24. The lowest BCUT2D eigenvalue weighted by molar-refractivity contribution is -0.135. The highest BCUT2D eigenvalue weighted by Crippen LogP contribution is 2.38. The van der Waals surface area contributed by atoms with E-state index < -0.39 is 24.3 Å². The number of rotatable bonds is 15. The summed E-state index contributed by atoms with van der Waals surface area (Å²) in [6, 6.07) is -1.60. The van der Waals surface area contributed by atoms with Gasteiger partial charge in [0.25, 0.3) is 0 Å². The number of hydrogen-bond donors (Lipinski definition) is 5. The number of alkyl carbamates (subject to hydrolysis) is 2. The van der Waals surface area contributed by atoms with Gasteiger partial charge in [0.15, 0.2) is 0 Å². The van der Waals surface area contributed by atoms with E-state index in [-0.39, 0.29) is 35.6 Å². The summed E-state index contributed by atoms with van der Waals surface area (Å²) in [5.41, 5.74) is 1.59. The Balaban J connectivity index is 1.16. The molecule has 1 saturated heterocycles. The number of aromatic nitrogens is 6. The molecule has 0 saturated carbocycles. The van der Waals surface area contributed by atoms with Crippen LogP contribution in [0.5, 0.6) is 0 Å². The van der Waals surface area contributed by atoms with Gasteiger partial charge in [-0.1, -0.05) is 34.6 Å². The van der Waals surface area contributed by atoms with E-state index in [0.29, 0.717) is 18.9 Å². The lowest BCUT2D eigenvalue weighted by Gasteiger charge is -2.29. The fourth-order valence-corrected chi connectivity index (χ4v) is 7.94. The fraction of sp³-hybridized carbons (Fsp3) is 0.543. The lowest BCUT2D eigenvalue weighted by atomic mass is 10.0. The summed E-state index contributed by atoms with van der Waals surface area (Å²) in [7, 11) is 2.55. The maximum absolute atomic E-state index is 13.5. The number of hydrogen-bond acceptors (Lipinski definition) is 12. The Bertz CT molecular complexity index is 1870.